The van der Waals surface area contributed by atoms with Crippen LogP contribution in [0.4, 0.5) is 0 Å². The summed E-state index contributed by atoms with van der Waals surface area (Å²) in [5, 5.41) is 0. The number of carbonyl (C=O) groups is 2. The van der Waals surface area contributed by atoms with Crippen molar-refractivity contribution in [1.82, 2.24) is 4.90 Å². The zero-order valence-electron chi connectivity index (χ0n) is 14.0. The molecule has 0 saturated carbocycles. The molecule has 0 fully saturated rings. The molecule has 6 nitrogen and oxygen atoms in total. The lowest BCUT2D eigenvalue weighted by Gasteiger charge is -2.14. The maximum atomic E-state index is 11.7. The van der Waals surface area contributed by atoms with Gasteiger partial charge in [0.25, 0.3) is 0 Å². The molecule has 0 spiro atoms. The van der Waals surface area contributed by atoms with Gasteiger partial charge in [0.2, 0.25) is 0 Å². The van der Waals surface area contributed by atoms with E-state index in [9.17, 15) is 9.59 Å². The van der Waals surface area contributed by atoms with Gasteiger partial charge in [-0.25, -0.2) is 0 Å². The zero-order chi connectivity index (χ0) is 16.8. The van der Waals surface area contributed by atoms with E-state index in [1.807, 2.05) is 14.0 Å². The van der Waals surface area contributed by atoms with Crippen LogP contribution in [0, 0.1) is 5.92 Å². The van der Waals surface area contributed by atoms with Gasteiger partial charge in [0.15, 0.2) is 0 Å². The Kier molecular flexibility index (Phi) is 13.3. The number of hydrogen-bond acceptors (Lipinski definition) is 7. The fourth-order valence-electron chi connectivity index (χ4n) is 1.70. The van der Waals surface area contributed by atoms with Crippen molar-refractivity contribution in [3.8, 4) is 0 Å². The number of nitrogens with two attached hydrogens (primary N) is 1. The molecule has 0 aromatic carbocycles. The molecule has 0 amide bonds. The summed E-state index contributed by atoms with van der Waals surface area (Å²) >= 11 is 1.63. The minimum atomic E-state index is -0.261. The molecule has 0 aromatic rings. The van der Waals surface area contributed by atoms with Crippen molar-refractivity contribution < 1.29 is 19.1 Å². The van der Waals surface area contributed by atoms with Gasteiger partial charge < -0.3 is 20.1 Å². The Morgan fingerprint density at radius 3 is 2.55 bits per heavy atom. The lowest BCUT2D eigenvalue weighted by atomic mass is 10.2. The van der Waals surface area contributed by atoms with Crippen LogP contribution >= 0.6 is 11.8 Å². The van der Waals surface area contributed by atoms with E-state index in [1.54, 1.807) is 11.8 Å². The summed E-state index contributed by atoms with van der Waals surface area (Å²) in [5.74, 6) is 0.838. The molecule has 0 aliphatic rings. The van der Waals surface area contributed by atoms with Gasteiger partial charge >= 0.3 is 11.9 Å². The minimum absolute atomic E-state index is 0.112. The fraction of sp³-hybridized carbons (Fsp3) is 0.867. The SMILES string of the molecule is CCCN(C)CCC(=O)OCCOC(=O)C(C)CSCCN. The third kappa shape index (κ3) is 11.8. The van der Waals surface area contributed by atoms with E-state index < -0.39 is 0 Å². The lowest BCUT2D eigenvalue weighted by molar-refractivity contribution is -0.154. The third-order valence-electron chi connectivity index (χ3n) is 2.93. The second kappa shape index (κ2) is 13.8. The Labute approximate surface area is 138 Å². The first-order valence-corrected chi connectivity index (χ1v) is 8.95. The molecule has 0 aromatic heterocycles. The molecule has 0 aliphatic carbocycles. The predicted octanol–water partition coefficient (Wildman–Crippen LogP) is 1.13. The highest BCUT2D eigenvalue weighted by atomic mass is 32.2. The summed E-state index contributed by atoms with van der Waals surface area (Å²) in [4.78, 5) is 25.2. The smallest absolute Gasteiger partial charge is 0.309 e. The number of ether oxygens (including phenoxy) is 2. The molecule has 1 atom stereocenters. The molecule has 0 aliphatic heterocycles. The number of thioether (sulfide) groups is 1. The minimum Gasteiger partial charge on any atom is -0.462 e. The number of rotatable bonds is 13. The largest absolute Gasteiger partial charge is 0.462 e. The molecule has 0 rings (SSSR count). The summed E-state index contributed by atoms with van der Waals surface area (Å²) in [7, 11) is 1.97. The van der Waals surface area contributed by atoms with Gasteiger partial charge in [-0.05, 0) is 20.0 Å². The summed E-state index contributed by atoms with van der Waals surface area (Å²) in [6.45, 7) is 6.40. The van der Waals surface area contributed by atoms with Crippen LogP contribution < -0.4 is 5.73 Å². The van der Waals surface area contributed by atoms with Crippen molar-refractivity contribution in [3.05, 3.63) is 0 Å². The van der Waals surface area contributed by atoms with Crippen molar-refractivity contribution >= 4 is 23.7 Å². The Morgan fingerprint density at radius 1 is 1.23 bits per heavy atom. The van der Waals surface area contributed by atoms with Crippen molar-refractivity contribution in [2.45, 2.75) is 26.7 Å². The molecule has 22 heavy (non-hydrogen) atoms. The van der Waals surface area contributed by atoms with Crippen LogP contribution in [0.3, 0.4) is 0 Å². The van der Waals surface area contributed by atoms with Gasteiger partial charge in [0.1, 0.15) is 13.2 Å². The van der Waals surface area contributed by atoms with E-state index in [0.717, 1.165) is 18.7 Å². The van der Waals surface area contributed by atoms with E-state index in [1.165, 1.54) is 0 Å². The number of carbonyl (C=O) groups excluding carboxylic acids is 2. The average Bonchev–Trinajstić information content (AvgIpc) is 2.49. The fourth-order valence-corrected chi connectivity index (χ4v) is 2.52. The van der Waals surface area contributed by atoms with E-state index in [4.69, 9.17) is 15.2 Å². The van der Waals surface area contributed by atoms with Gasteiger partial charge in [-0.2, -0.15) is 11.8 Å². The molecule has 7 heteroatoms. The number of esters is 2. The Bertz CT molecular complexity index is 316. The number of hydrogen-bond donors (Lipinski definition) is 1. The lowest BCUT2D eigenvalue weighted by Crippen LogP contribution is -2.24. The first kappa shape index (κ1) is 21.2. The normalized spacial score (nSPS) is 12.2. The highest BCUT2D eigenvalue weighted by molar-refractivity contribution is 7.99. The molecule has 2 N–H and O–H groups in total. The highest BCUT2D eigenvalue weighted by Crippen LogP contribution is 2.09. The van der Waals surface area contributed by atoms with Gasteiger partial charge in [-0.15, -0.1) is 0 Å². The second-order valence-corrected chi connectivity index (χ2v) is 6.36. The third-order valence-corrected chi connectivity index (χ3v) is 4.19. The standard InChI is InChI=1S/C15H30N2O4S/c1-4-7-17(3)8-5-14(18)20-9-10-21-15(19)13(2)12-22-11-6-16/h13H,4-12,16H2,1-3H3. The van der Waals surface area contributed by atoms with Crippen LogP contribution in [-0.4, -0.2) is 68.2 Å². The van der Waals surface area contributed by atoms with E-state index in [0.29, 0.717) is 25.3 Å². The monoisotopic (exact) mass is 334 g/mol. The second-order valence-electron chi connectivity index (χ2n) is 5.21. The Morgan fingerprint density at radius 2 is 1.91 bits per heavy atom. The van der Waals surface area contributed by atoms with Gasteiger partial charge in [0.05, 0.1) is 12.3 Å². The van der Waals surface area contributed by atoms with Crippen LogP contribution in [0.25, 0.3) is 0 Å². The molecule has 1 unspecified atom stereocenters. The topological polar surface area (TPSA) is 81.9 Å². The van der Waals surface area contributed by atoms with Crippen LogP contribution in [0.1, 0.15) is 26.7 Å². The van der Waals surface area contributed by atoms with Crippen molar-refractivity contribution in [1.29, 1.82) is 0 Å². The number of nitrogens with zero attached hydrogens (tertiary/aromatic N) is 1. The molecule has 0 radical (unpaired) electrons. The Hall–Kier alpha value is -0.790. The summed E-state index contributed by atoms with van der Waals surface area (Å²) < 4.78 is 10.1. The van der Waals surface area contributed by atoms with Gasteiger partial charge in [0, 0.05) is 24.6 Å². The molecular formula is C15H30N2O4S. The summed E-state index contributed by atoms with van der Waals surface area (Å²) in [6, 6.07) is 0. The van der Waals surface area contributed by atoms with Crippen molar-refractivity contribution in [2.24, 2.45) is 11.7 Å². The van der Waals surface area contributed by atoms with Crippen molar-refractivity contribution in [2.75, 3.05) is 51.4 Å². The van der Waals surface area contributed by atoms with E-state index >= 15 is 0 Å². The van der Waals surface area contributed by atoms with Crippen molar-refractivity contribution in [3.63, 3.8) is 0 Å². The summed E-state index contributed by atoms with van der Waals surface area (Å²) in [6.07, 6.45) is 1.42. The van der Waals surface area contributed by atoms with Crippen LogP contribution in [0.15, 0.2) is 0 Å². The quantitative estimate of drug-likeness (QED) is 0.399. The Balaban J connectivity index is 3.61. The van der Waals surface area contributed by atoms with Gasteiger partial charge in [-0.1, -0.05) is 13.8 Å². The first-order valence-electron chi connectivity index (χ1n) is 7.79. The molecule has 0 bridgehead atoms. The van der Waals surface area contributed by atoms with Crippen LogP contribution in [0.2, 0.25) is 0 Å². The molecule has 0 heterocycles. The predicted molar refractivity (Wildman–Crippen MR) is 89.9 cm³/mol. The summed E-state index contributed by atoms with van der Waals surface area (Å²) in [5.41, 5.74) is 5.39. The maximum absolute atomic E-state index is 11.7. The van der Waals surface area contributed by atoms with Crippen LogP contribution in [-0.2, 0) is 19.1 Å². The van der Waals surface area contributed by atoms with E-state index in [-0.39, 0.29) is 31.1 Å². The van der Waals surface area contributed by atoms with Gasteiger partial charge in [-0.3, -0.25) is 9.59 Å². The molecular weight excluding hydrogens is 304 g/mol. The first-order chi connectivity index (χ1) is 10.5. The highest BCUT2D eigenvalue weighted by Gasteiger charge is 2.14. The average molecular weight is 334 g/mol. The molecule has 130 valence electrons. The van der Waals surface area contributed by atoms with Crippen LogP contribution in [0.5, 0.6) is 0 Å². The molecule has 0 saturated heterocycles. The maximum Gasteiger partial charge on any atom is 0.309 e. The van der Waals surface area contributed by atoms with E-state index in [2.05, 4.69) is 11.8 Å². The zero-order valence-corrected chi connectivity index (χ0v) is 14.8.